The number of fused-ring (bicyclic) bond motifs is 1. The van der Waals surface area contributed by atoms with Crippen molar-refractivity contribution in [2.24, 2.45) is 0 Å². The summed E-state index contributed by atoms with van der Waals surface area (Å²) in [5.74, 6) is 0.763. The molecule has 0 unspecified atom stereocenters. The van der Waals surface area contributed by atoms with Gasteiger partial charge in [0.25, 0.3) is 0 Å². The molecule has 2 aromatic carbocycles. The molecule has 1 aliphatic heterocycles. The molecule has 1 saturated heterocycles. The maximum atomic E-state index is 12.5. The monoisotopic (exact) mass is 337 g/mol. The van der Waals surface area contributed by atoms with Crippen LogP contribution in [0.3, 0.4) is 0 Å². The number of hydrogen-bond donors (Lipinski definition) is 1. The summed E-state index contributed by atoms with van der Waals surface area (Å²) in [6.07, 6.45) is 1.98. The van der Waals surface area contributed by atoms with Crippen molar-refractivity contribution in [3.05, 3.63) is 64.6 Å². The highest BCUT2D eigenvalue weighted by Crippen LogP contribution is 2.27. The van der Waals surface area contributed by atoms with Crippen molar-refractivity contribution in [3.63, 3.8) is 0 Å². The minimum atomic E-state index is -0.0234. The molecule has 0 bridgehead atoms. The van der Waals surface area contributed by atoms with Crippen molar-refractivity contribution in [2.45, 2.75) is 25.4 Å². The van der Waals surface area contributed by atoms with Crippen LogP contribution in [0.15, 0.2) is 53.3 Å². The minimum absolute atomic E-state index is 0.0234. The third-order valence-electron chi connectivity index (χ3n) is 5.09. The first-order chi connectivity index (χ1) is 12.2. The molecule has 0 saturated carbocycles. The average Bonchev–Trinajstić information content (AvgIpc) is 2.98. The molecule has 3 aromatic rings. The van der Waals surface area contributed by atoms with E-state index in [-0.39, 0.29) is 11.7 Å². The fraction of sp³-hybridized carbons (Fsp3) is 0.350. The van der Waals surface area contributed by atoms with Gasteiger partial charge in [0.1, 0.15) is 5.75 Å². The zero-order valence-electron chi connectivity index (χ0n) is 14.4. The average molecular weight is 337 g/mol. The molecule has 130 valence electrons. The summed E-state index contributed by atoms with van der Waals surface area (Å²) < 4.78 is 7.17. The van der Waals surface area contributed by atoms with Gasteiger partial charge in [0.05, 0.1) is 18.1 Å². The third-order valence-corrected chi connectivity index (χ3v) is 5.09. The van der Waals surface area contributed by atoms with E-state index < -0.39 is 0 Å². The van der Waals surface area contributed by atoms with Crippen LogP contribution in [0.5, 0.6) is 5.75 Å². The van der Waals surface area contributed by atoms with Crippen LogP contribution in [0, 0.1) is 0 Å². The summed E-state index contributed by atoms with van der Waals surface area (Å²) in [5, 5.41) is 0. The number of nitrogens with one attached hydrogen (secondary N) is 1. The molecule has 0 radical (unpaired) electrons. The number of imidazole rings is 1. The van der Waals surface area contributed by atoms with Gasteiger partial charge in [-0.1, -0.05) is 30.3 Å². The van der Waals surface area contributed by atoms with E-state index in [1.807, 2.05) is 28.8 Å². The van der Waals surface area contributed by atoms with Crippen molar-refractivity contribution >= 4 is 11.0 Å². The Morgan fingerprint density at radius 1 is 1.12 bits per heavy atom. The first-order valence-electron chi connectivity index (χ1n) is 8.79. The Bertz CT molecular complexity index is 906. The Morgan fingerprint density at radius 3 is 2.60 bits per heavy atom. The summed E-state index contributed by atoms with van der Waals surface area (Å²) in [7, 11) is 1.64. The van der Waals surface area contributed by atoms with Crippen molar-refractivity contribution in [1.82, 2.24) is 14.5 Å². The number of H-pyrrole nitrogens is 1. The van der Waals surface area contributed by atoms with E-state index >= 15 is 0 Å². The van der Waals surface area contributed by atoms with Gasteiger partial charge < -0.3 is 9.72 Å². The predicted octanol–water partition coefficient (Wildman–Crippen LogP) is 3.18. The van der Waals surface area contributed by atoms with Gasteiger partial charge in [0.15, 0.2) is 0 Å². The molecular formula is C20H23N3O2. The maximum Gasteiger partial charge on any atom is 0.326 e. The lowest BCUT2D eigenvalue weighted by atomic mass is 10.0. The van der Waals surface area contributed by atoms with Crippen LogP contribution in [0.25, 0.3) is 11.0 Å². The molecule has 2 heterocycles. The van der Waals surface area contributed by atoms with E-state index in [0.717, 1.165) is 49.3 Å². The van der Waals surface area contributed by atoms with Crippen LogP contribution >= 0.6 is 0 Å². The lowest BCUT2D eigenvalue weighted by Gasteiger charge is -2.32. The number of rotatable bonds is 4. The molecule has 25 heavy (non-hydrogen) atoms. The number of likely N-dealkylation sites (tertiary alicyclic amines) is 1. The first-order valence-corrected chi connectivity index (χ1v) is 8.79. The van der Waals surface area contributed by atoms with Gasteiger partial charge in [0, 0.05) is 31.7 Å². The van der Waals surface area contributed by atoms with Gasteiger partial charge in [-0.25, -0.2) is 4.79 Å². The highest BCUT2D eigenvalue weighted by atomic mass is 16.5. The van der Waals surface area contributed by atoms with Crippen molar-refractivity contribution in [1.29, 1.82) is 0 Å². The second-order valence-corrected chi connectivity index (χ2v) is 6.68. The lowest BCUT2D eigenvalue weighted by molar-refractivity contribution is 0.180. The number of methoxy groups -OCH3 is 1. The van der Waals surface area contributed by atoms with E-state index in [9.17, 15) is 4.79 Å². The van der Waals surface area contributed by atoms with Gasteiger partial charge in [-0.3, -0.25) is 9.47 Å². The van der Waals surface area contributed by atoms with Gasteiger partial charge >= 0.3 is 5.69 Å². The van der Waals surface area contributed by atoms with Gasteiger partial charge in [-0.15, -0.1) is 0 Å². The molecule has 1 N–H and O–H groups in total. The normalized spacial score (nSPS) is 16.4. The van der Waals surface area contributed by atoms with Crippen molar-refractivity contribution in [3.8, 4) is 5.75 Å². The number of piperidine rings is 1. The molecule has 0 spiro atoms. The Balaban J connectivity index is 1.50. The Kier molecular flexibility index (Phi) is 4.32. The zero-order valence-corrected chi connectivity index (χ0v) is 14.4. The van der Waals surface area contributed by atoms with Crippen LogP contribution < -0.4 is 10.4 Å². The summed E-state index contributed by atoms with van der Waals surface area (Å²) in [4.78, 5) is 17.9. The third kappa shape index (κ3) is 3.20. The summed E-state index contributed by atoms with van der Waals surface area (Å²) in [6.45, 7) is 3.00. The number of benzene rings is 2. The zero-order chi connectivity index (χ0) is 17.2. The number of hydrogen-bond acceptors (Lipinski definition) is 3. The standard InChI is InChI=1S/C20H23N3O2/c1-25-17-7-8-19-18(13-17)21-20(24)23(19)16-9-11-22(12-10-16)14-15-5-3-2-4-6-15/h2-8,13,16H,9-12,14H2,1H3,(H,21,24). The quantitative estimate of drug-likeness (QED) is 0.795. The van der Waals surface area contributed by atoms with E-state index in [1.54, 1.807) is 7.11 Å². The number of nitrogens with zero attached hydrogens (tertiary/aromatic N) is 2. The highest BCUT2D eigenvalue weighted by Gasteiger charge is 2.23. The molecule has 1 fully saturated rings. The van der Waals surface area contributed by atoms with Crippen LogP contribution in [-0.4, -0.2) is 34.7 Å². The largest absolute Gasteiger partial charge is 0.497 e. The Labute approximate surface area is 146 Å². The number of aromatic amines is 1. The van der Waals surface area contributed by atoms with Crippen LogP contribution in [0.4, 0.5) is 0 Å². The molecule has 0 amide bonds. The second kappa shape index (κ2) is 6.76. The predicted molar refractivity (Wildman–Crippen MR) is 99.1 cm³/mol. The van der Waals surface area contributed by atoms with Crippen molar-refractivity contribution in [2.75, 3.05) is 20.2 Å². The summed E-state index contributed by atoms with van der Waals surface area (Å²) in [6, 6.07) is 16.6. The van der Waals surface area contributed by atoms with Crippen LogP contribution in [0.1, 0.15) is 24.4 Å². The molecule has 5 nitrogen and oxygen atoms in total. The summed E-state index contributed by atoms with van der Waals surface area (Å²) in [5.41, 5.74) is 3.13. The second-order valence-electron chi connectivity index (χ2n) is 6.68. The molecule has 0 aliphatic carbocycles. The van der Waals surface area contributed by atoms with Gasteiger partial charge in [0.2, 0.25) is 0 Å². The number of aromatic nitrogens is 2. The van der Waals surface area contributed by atoms with Gasteiger partial charge in [-0.2, -0.15) is 0 Å². The number of ether oxygens (including phenoxy) is 1. The smallest absolute Gasteiger partial charge is 0.326 e. The fourth-order valence-electron chi connectivity index (χ4n) is 3.78. The van der Waals surface area contributed by atoms with E-state index in [0.29, 0.717) is 0 Å². The first kappa shape index (κ1) is 16.0. The minimum Gasteiger partial charge on any atom is -0.497 e. The molecule has 5 heteroatoms. The van der Waals surface area contributed by atoms with Crippen LogP contribution in [-0.2, 0) is 6.54 Å². The van der Waals surface area contributed by atoms with Gasteiger partial charge in [-0.05, 0) is 30.5 Å². The SMILES string of the molecule is COc1ccc2c(c1)[nH]c(=O)n2C1CCN(Cc2ccccc2)CC1. The van der Waals surface area contributed by atoms with Crippen molar-refractivity contribution < 1.29 is 4.74 Å². The molecule has 1 aromatic heterocycles. The maximum absolute atomic E-state index is 12.5. The Hall–Kier alpha value is -2.53. The van der Waals surface area contributed by atoms with E-state index in [4.69, 9.17) is 4.74 Å². The van der Waals surface area contributed by atoms with E-state index in [1.165, 1.54) is 5.56 Å². The van der Waals surface area contributed by atoms with Crippen LogP contribution in [0.2, 0.25) is 0 Å². The summed E-state index contributed by atoms with van der Waals surface area (Å²) >= 11 is 0. The molecule has 0 atom stereocenters. The molecular weight excluding hydrogens is 314 g/mol. The highest BCUT2D eigenvalue weighted by molar-refractivity contribution is 5.77. The molecule has 1 aliphatic rings. The Morgan fingerprint density at radius 2 is 1.88 bits per heavy atom. The molecule has 4 rings (SSSR count). The van der Waals surface area contributed by atoms with E-state index in [2.05, 4.69) is 34.1 Å². The topological polar surface area (TPSA) is 50.3 Å². The fourth-order valence-corrected chi connectivity index (χ4v) is 3.78. The lowest BCUT2D eigenvalue weighted by Crippen LogP contribution is -2.36.